The first-order valence-corrected chi connectivity index (χ1v) is 9.43. The van der Waals surface area contributed by atoms with Crippen LogP contribution < -0.4 is 5.32 Å². The van der Waals surface area contributed by atoms with Crippen molar-refractivity contribution in [3.8, 4) is 0 Å². The summed E-state index contributed by atoms with van der Waals surface area (Å²) in [4.78, 5) is 11.7. The summed E-state index contributed by atoms with van der Waals surface area (Å²) in [5.74, 6) is 1.69. The monoisotopic (exact) mass is 291 g/mol. The number of carbonyl (C=O) groups excluding carboxylic acids is 1. The topological polar surface area (TPSA) is 63.2 Å². The minimum absolute atomic E-state index is 0.0587. The lowest BCUT2D eigenvalue weighted by molar-refractivity contribution is -0.119. The summed E-state index contributed by atoms with van der Waals surface area (Å²) in [5, 5.41) is 3.16. The van der Waals surface area contributed by atoms with E-state index in [1.807, 2.05) is 0 Å². The predicted molar refractivity (Wildman–Crippen MR) is 74.5 cm³/mol. The van der Waals surface area contributed by atoms with Crippen molar-refractivity contribution in [2.45, 2.75) is 43.9 Å². The minimum atomic E-state index is -2.83. The highest BCUT2D eigenvalue weighted by Gasteiger charge is 2.29. The molecule has 1 N–H and O–H groups in total. The summed E-state index contributed by atoms with van der Waals surface area (Å²) in [6, 6.07) is 0.334. The van der Waals surface area contributed by atoms with Crippen LogP contribution in [0.15, 0.2) is 0 Å². The molecule has 18 heavy (non-hydrogen) atoms. The van der Waals surface area contributed by atoms with E-state index in [1.165, 1.54) is 18.2 Å². The highest BCUT2D eigenvalue weighted by molar-refractivity contribution is 8.02. The molecule has 104 valence electrons. The zero-order chi connectivity index (χ0) is 13.2. The van der Waals surface area contributed by atoms with Gasteiger partial charge in [-0.25, -0.2) is 8.42 Å². The van der Waals surface area contributed by atoms with Crippen LogP contribution in [-0.2, 0) is 14.6 Å². The van der Waals surface area contributed by atoms with Crippen molar-refractivity contribution >= 4 is 27.5 Å². The highest BCUT2D eigenvalue weighted by atomic mass is 32.2. The van der Waals surface area contributed by atoms with Gasteiger partial charge in [-0.1, -0.05) is 6.92 Å². The van der Waals surface area contributed by atoms with Gasteiger partial charge in [-0.15, -0.1) is 11.8 Å². The van der Waals surface area contributed by atoms with Crippen LogP contribution in [0.4, 0.5) is 0 Å². The molecule has 0 aromatic heterocycles. The predicted octanol–water partition coefficient (Wildman–Crippen LogP) is 1.21. The molecule has 1 saturated heterocycles. The first-order chi connectivity index (χ1) is 8.44. The quantitative estimate of drug-likeness (QED) is 0.846. The molecule has 4 nitrogen and oxygen atoms in total. The fraction of sp³-hybridized carbons (Fsp3) is 0.917. The van der Waals surface area contributed by atoms with E-state index in [2.05, 4.69) is 12.2 Å². The normalized spacial score (nSPS) is 34.6. The van der Waals surface area contributed by atoms with Crippen molar-refractivity contribution in [2.24, 2.45) is 5.92 Å². The van der Waals surface area contributed by atoms with Gasteiger partial charge in [0.2, 0.25) is 5.91 Å². The van der Waals surface area contributed by atoms with Gasteiger partial charge in [0.25, 0.3) is 0 Å². The van der Waals surface area contributed by atoms with E-state index < -0.39 is 9.84 Å². The number of thioether (sulfide) groups is 1. The second-order valence-corrected chi connectivity index (χ2v) is 9.04. The Morgan fingerprint density at radius 3 is 2.67 bits per heavy atom. The van der Waals surface area contributed by atoms with Crippen molar-refractivity contribution < 1.29 is 13.2 Å². The average Bonchev–Trinajstić information content (AvgIpc) is 2.82. The van der Waals surface area contributed by atoms with Gasteiger partial charge in [0.05, 0.1) is 17.3 Å². The van der Waals surface area contributed by atoms with Crippen LogP contribution in [0, 0.1) is 5.92 Å². The molecule has 0 radical (unpaired) electrons. The Hall–Kier alpha value is -0.230. The molecule has 3 atom stereocenters. The standard InChI is InChI=1S/C12H21NO3S2/c1-9-2-3-10(6-9)13-12(14)7-17-11-4-5-18(15,16)8-11/h9-11H,2-8H2,1H3,(H,13,14). The largest absolute Gasteiger partial charge is 0.353 e. The molecule has 0 aromatic rings. The number of rotatable bonds is 4. The summed E-state index contributed by atoms with van der Waals surface area (Å²) >= 11 is 1.49. The number of sulfone groups is 1. The first kappa shape index (κ1) is 14.2. The minimum Gasteiger partial charge on any atom is -0.353 e. The number of hydrogen-bond donors (Lipinski definition) is 1. The second kappa shape index (κ2) is 5.82. The lowest BCUT2D eigenvalue weighted by atomic mass is 10.1. The zero-order valence-electron chi connectivity index (χ0n) is 10.7. The Kier molecular flexibility index (Phi) is 4.59. The number of carbonyl (C=O) groups is 1. The molecular formula is C12H21NO3S2. The van der Waals surface area contributed by atoms with Crippen molar-refractivity contribution in [2.75, 3.05) is 17.3 Å². The fourth-order valence-electron chi connectivity index (χ4n) is 2.69. The third-order valence-corrected chi connectivity index (χ3v) is 6.98. The summed E-state index contributed by atoms with van der Waals surface area (Å²) in [6.45, 7) is 2.21. The smallest absolute Gasteiger partial charge is 0.230 e. The van der Waals surface area contributed by atoms with E-state index in [0.717, 1.165) is 12.8 Å². The molecule has 1 aliphatic heterocycles. The molecule has 1 heterocycles. The van der Waals surface area contributed by atoms with Gasteiger partial charge in [-0.3, -0.25) is 4.79 Å². The number of nitrogens with one attached hydrogen (secondary N) is 1. The van der Waals surface area contributed by atoms with Gasteiger partial charge in [0.1, 0.15) is 0 Å². The van der Waals surface area contributed by atoms with Crippen LogP contribution in [-0.4, -0.2) is 42.9 Å². The van der Waals surface area contributed by atoms with Crippen molar-refractivity contribution in [3.63, 3.8) is 0 Å². The van der Waals surface area contributed by atoms with E-state index in [0.29, 0.717) is 24.1 Å². The van der Waals surface area contributed by atoms with Crippen LogP contribution in [0.3, 0.4) is 0 Å². The lowest BCUT2D eigenvalue weighted by Gasteiger charge is -2.13. The van der Waals surface area contributed by atoms with Gasteiger partial charge in [0.15, 0.2) is 9.84 Å². The maximum absolute atomic E-state index is 11.7. The Balaban J connectivity index is 1.66. The molecule has 2 rings (SSSR count). The number of amides is 1. The lowest BCUT2D eigenvalue weighted by Crippen LogP contribution is -2.34. The Bertz CT molecular complexity index is 408. The molecule has 1 amide bonds. The van der Waals surface area contributed by atoms with Gasteiger partial charge >= 0.3 is 0 Å². The third kappa shape index (κ3) is 4.16. The molecule has 0 aromatic carbocycles. The van der Waals surface area contributed by atoms with Crippen molar-refractivity contribution in [3.05, 3.63) is 0 Å². The molecule has 0 bridgehead atoms. The fourth-order valence-corrected chi connectivity index (χ4v) is 6.15. The molecule has 1 saturated carbocycles. The molecule has 3 unspecified atom stereocenters. The van der Waals surface area contributed by atoms with Crippen molar-refractivity contribution in [1.29, 1.82) is 0 Å². The Labute approximate surface area is 113 Å². The van der Waals surface area contributed by atoms with Crippen LogP contribution in [0.1, 0.15) is 32.6 Å². The van der Waals surface area contributed by atoms with E-state index in [1.54, 1.807) is 0 Å². The summed E-state index contributed by atoms with van der Waals surface area (Å²) in [7, 11) is -2.83. The van der Waals surface area contributed by atoms with E-state index >= 15 is 0 Å². The SMILES string of the molecule is CC1CCC(NC(=O)CSC2CCS(=O)(=O)C2)C1. The van der Waals surface area contributed by atoms with E-state index in [9.17, 15) is 13.2 Å². The highest BCUT2D eigenvalue weighted by Crippen LogP contribution is 2.26. The summed E-state index contributed by atoms with van der Waals surface area (Å²) in [6.07, 6.45) is 4.04. The maximum Gasteiger partial charge on any atom is 0.230 e. The van der Waals surface area contributed by atoms with Gasteiger partial charge < -0.3 is 5.32 Å². The van der Waals surface area contributed by atoms with Gasteiger partial charge in [-0.05, 0) is 31.6 Å². The average molecular weight is 291 g/mol. The molecule has 6 heteroatoms. The third-order valence-electron chi connectivity index (χ3n) is 3.70. The molecule has 2 fully saturated rings. The van der Waals surface area contributed by atoms with Crippen LogP contribution in [0.5, 0.6) is 0 Å². The van der Waals surface area contributed by atoms with Crippen molar-refractivity contribution in [1.82, 2.24) is 5.32 Å². The molecule has 2 aliphatic rings. The van der Waals surface area contributed by atoms with Crippen LogP contribution in [0.25, 0.3) is 0 Å². The Morgan fingerprint density at radius 1 is 1.33 bits per heavy atom. The maximum atomic E-state index is 11.7. The number of hydrogen-bond acceptors (Lipinski definition) is 4. The summed E-state index contributed by atoms with van der Waals surface area (Å²) < 4.78 is 22.6. The van der Waals surface area contributed by atoms with Crippen LogP contribution in [0.2, 0.25) is 0 Å². The first-order valence-electron chi connectivity index (χ1n) is 6.56. The zero-order valence-corrected chi connectivity index (χ0v) is 12.4. The summed E-state index contributed by atoms with van der Waals surface area (Å²) in [5.41, 5.74) is 0. The van der Waals surface area contributed by atoms with Gasteiger partial charge in [-0.2, -0.15) is 0 Å². The second-order valence-electron chi connectivity index (χ2n) is 5.52. The molecular weight excluding hydrogens is 270 g/mol. The van der Waals surface area contributed by atoms with E-state index in [4.69, 9.17) is 0 Å². The molecule has 0 spiro atoms. The van der Waals surface area contributed by atoms with E-state index in [-0.39, 0.29) is 22.7 Å². The van der Waals surface area contributed by atoms with Crippen LogP contribution >= 0.6 is 11.8 Å². The molecule has 1 aliphatic carbocycles. The Morgan fingerprint density at radius 2 is 2.11 bits per heavy atom. The van der Waals surface area contributed by atoms with Gasteiger partial charge in [0, 0.05) is 11.3 Å².